The van der Waals surface area contributed by atoms with Gasteiger partial charge < -0.3 is 14.8 Å². The number of aromatic nitrogens is 2. The number of ether oxygens (including phenoxy) is 2. The van der Waals surface area contributed by atoms with Crippen LogP contribution in [-0.2, 0) is 4.74 Å². The maximum absolute atomic E-state index is 11.5. The van der Waals surface area contributed by atoms with Crippen molar-refractivity contribution >= 4 is 22.0 Å². The van der Waals surface area contributed by atoms with Crippen LogP contribution in [-0.4, -0.2) is 34.3 Å². The Labute approximate surface area is 127 Å². The Morgan fingerprint density at radius 3 is 2.70 bits per heavy atom. The van der Waals surface area contributed by atoms with Crippen molar-refractivity contribution in [2.24, 2.45) is 0 Å². The van der Waals surface area contributed by atoms with E-state index in [1.54, 1.807) is 13.1 Å². The molecule has 112 valence electrons. The largest absolute Gasteiger partial charge is 0.471 e. The van der Waals surface area contributed by atoms with Crippen LogP contribution in [0.5, 0.6) is 5.88 Å². The van der Waals surface area contributed by atoms with Crippen LogP contribution >= 0.6 is 15.9 Å². The van der Waals surface area contributed by atoms with E-state index in [0.29, 0.717) is 22.7 Å². The number of aryl methyl sites for hydroxylation is 1. The highest BCUT2D eigenvalue weighted by atomic mass is 79.9. The highest BCUT2D eigenvalue weighted by molar-refractivity contribution is 9.10. The Balaban J connectivity index is 2.44. The van der Waals surface area contributed by atoms with E-state index in [-0.39, 0.29) is 6.10 Å². The van der Waals surface area contributed by atoms with Crippen molar-refractivity contribution in [2.75, 3.05) is 6.54 Å². The molecule has 0 fully saturated rings. The Bertz CT molecular complexity index is 474. The van der Waals surface area contributed by atoms with E-state index in [9.17, 15) is 4.79 Å². The molecule has 7 heteroatoms. The molecule has 0 aliphatic rings. The number of nitrogens with one attached hydrogen (secondary N) is 1. The SMILES string of the molecule is Cc1nc(Br)cnc1OC(C)CNC(=O)OC(C)(C)C. The number of carbonyl (C=O) groups excluding carboxylic acids is 1. The van der Waals surface area contributed by atoms with Gasteiger partial charge in [0.2, 0.25) is 5.88 Å². The minimum Gasteiger partial charge on any atom is -0.471 e. The second-order valence-electron chi connectivity index (χ2n) is 5.39. The molecule has 1 aromatic rings. The number of halogens is 1. The molecule has 1 rings (SSSR count). The molecule has 20 heavy (non-hydrogen) atoms. The zero-order valence-electron chi connectivity index (χ0n) is 12.4. The number of nitrogens with zero attached hydrogens (tertiary/aromatic N) is 2. The van der Waals surface area contributed by atoms with Crippen molar-refractivity contribution in [1.29, 1.82) is 0 Å². The summed E-state index contributed by atoms with van der Waals surface area (Å²) in [6.07, 6.45) is 0.861. The first-order valence-electron chi connectivity index (χ1n) is 6.30. The molecular formula is C13H20BrN3O3. The second-order valence-corrected chi connectivity index (χ2v) is 6.21. The second kappa shape index (κ2) is 6.88. The van der Waals surface area contributed by atoms with Gasteiger partial charge in [0.25, 0.3) is 0 Å². The molecule has 1 heterocycles. The molecule has 0 saturated heterocycles. The van der Waals surface area contributed by atoms with Crippen molar-refractivity contribution in [3.05, 3.63) is 16.5 Å². The summed E-state index contributed by atoms with van der Waals surface area (Å²) in [6, 6.07) is 0. The average molecular weight is 346 g/mol. The van der Waals surface area contributed by atoms with E-state index in [1.807, 2.05) is 27.7 Å². The average Bonchev–Trinajstić information content (AvgIpc) is 2.28. The summed E-state index contributed by atoms with van der Waals surface area (Å²) < 4.78 is 11.4. The van der Waals surface area contributed by atoms with E-state index in [4.69, 9.17) is 9.47 Å². The fraction of sp³-hybridized carbons (Fsp3) is 0.615. The van der Waals surface area contributed by atoms with Crippen LogP contribution < -0.4 is 10.1 Å². The maximum atomic E-state index is 11.5. The normalized spacial score (nSPS) is 12.7. The Morgan fingerprint density at radius 2 is 2.15 bits per heavy atom. The first-order valence-corrected chi connectivity index (χ1v) is 7.09. The summed E-state index contributed by atoms with van der Waals surface area (Å²) in [4.78, 5) is 19.8. The van der Waals surface area contributed by atoms with E-state index < -0.39 is 11.7 Å². The highest BCUT2D eigenvalue weighted by Gasteiger charge is 2.17. The predicted molar refractivity (Wildman–Crippen MR) is 78.8 cm³/mol. The zero-order valence-corrected chi connectivity index (χ0v) is 13.9. The number of amides is 1. The van der Waals surface area contributed by atoms with E-state index in [0.717, 1.165) is 0 Å². The summed E-state index contributed by atoms with van der Waals surface area (Å²) >= 11 is 3.24. The summed E-state index contributed by atoms with van der Waals surface area (Å²) in [5.74, 6) is 0.451. The highest BCUT2D eigenvalue weighted by Crippen LogP contribution is 2.15. The molecule has 0 spiro atoms. The number of alkyl carbamates (subject to hydrolysis) is 1. The van der Waals surface area contributed by atoms with Crippen LogP contribution in [0, 0.1) is 6.92 Å². The lowest BCUT2D eigenvalue weighted by Crippen LogP contribution is -2.37. The Kier molecular flexibility index (Phi) is 5.74. The molecule has 1 unspecified atom stereocenters. The van der Waals surface area contributed by atoms with Crippen LogP contribution in [0.15, 0.2) is 10.8 Å². The Morgan fingerprint density at radius 1 is 1.50 bits per heavy atom. The van der Waals surface area contributed by atoms with Crippen LogP contribution in [0.4, 0.5) is 4.79 Å². The standard InChI is InChI=1S/C13H20BrN3O3/c1-8(6-16-12(18)20-13(3,4)5)19-11-9(2)17-10(14)7-15-11/h7-8H,6H2,1-5H3,(H,16,18). The van der Waals surface area contributed by atoms with Crippen molar-refractivity contribution in [3.63, 3.8) is 0 Å². The first-order chi connectivity index (χ1) is 9.17. The van der Waals surface area contributed by atoms with Gasteiger partial charge in [0, 0.05) is 0 Å². The van der Waals surface area contributed by atoms with Crippen LogP contribution in [0.1, 0.15) is 33.4 Å². The molecule has 0 saturated carbocycles. The lowest BCUT2D eigenvalue weighted by Gasteiger charge is -2.21. The van der Waals surface area contributed by atoms with Crippen LogP contribution in [0.25, 0.3) is 0 Å². The summed E-state index contributed by atoms with van der Waals surface area (Å²) in [5.41, 5.74) is 0.172. The smallest absolute Gasteiger partial charge is 0.407 e. The number of rotatable bonds is 4. The van der Waals surface area contributed by atoms with Crippen molar-refractivity contribution in [3.8, 4) is 5.88 Å². The minimum absolute atomic E-state index is 0.239. The third-order valence-corrected chi connectivity index (χ3v) is 2.50. The minimum atomic E-state index is -0.512. The summed E-state index contributed by atoms with van der Waals surface area (Å²) in [6.45, 7) is 9.40. The van der Waals surface area contributed by atoms with Gasteiger partial charge in [0.15, 0.2) is 0 Å². The van der Waals surface area contributed by atoms with Crippen LogP contribution in [0.2, 0.25) is 0 Å². The van der Waals surface area contributed by atoms with Gasteiger partial charge in [-0.05, 0) is 50.5 Å². The third kappa shape index (κ3) is 6.18. The maximum Gasteiger partial charge on any atom is 0.407 e. The Hall–Kier alpha value is -1.37. The summed E-state index contributed by atoms with van der Waals surface area (Å²) in [7, 11) is 0. The molecule has 0 aromatic carbocycles. The van der Waals surface area contributed by atoms with Crippen molar-refractivity contribution in [1.82, 2.24) is 15.3 Å². The monoisotopic (exact) mass is 345 g/mol. The lowest BCUT2D eigenvalue weighted by molar-refractivity contribution is 0.0503. The number of carbonyl (C=O) groups is 1. The summed E-state index contributed by atoms with van der Waals surface area (Å²) in [5, 5.41) is 2.65. The van der Waals surface area contributed by atoms with E-state index in [1.165, 1.54) is 0 Å². The first kappa shape index (κ1) is 16.7. The van der Waals surface area contributed by atoms with Gasteiger partial charge in [-0.25, -0.2) is 14.8 Å². The third-order valence-electron chi connectivity index (χ3n) is 2.12. The predicted octanol–water partition coefficient (Wildman–Crippen LogP) is 2.84. The fourth-order valence-corrected chi connectivity index (χ4v) is 1.70. The van der Waals surface area contributed by atoms with Gasteiger partial charge in [-0.15, -0.1) is 0 Å². The molecule has 0 bridgehead atoms. The quantitative estimate of drug-likeness (QED) is 0.908. The molecule has 1 atom stereocenters. The van der Waals surface area contributed by atoms with Gasteiger partial charge in [-0.3, -0.25) is 0 Å². The molecule has 0 aliphatic carbocycles. The molecule has 0 aliphatic heterocycles. The van der Waals surface area contributed by atoms with Gasteiger partial charge in [-0.2, -0.15) is 0 Å². The fourth-order valence-electron chi connectivity index (χ4n) is 1.33. The molecule has 1 aromatic heterocycles. The van der Waals surface area contributed by atoms with Gasteiger partial charge >= 0.3 is 6.09 Å². The van der Waals surface area contributed by atoms with Crippen LogP contribution in [0.3, 0.4) is 0 Å². The molecular weight excluding hydrogens is 326 g/mol. The lowest BCUT2D eigenvalue weighted by atomic mass is 10.2. The number of hydrogen-bond donors (Lipinski definition) is 1. The van der Waals surface area contributed by atoms with Crippen molar-refractivity contribution in [2.45, 2.75) is 46.3 Å². The molecule has 1 amide bonds. The molecule has 1 N–H and O–H groups in total. The topological polar surface area (TPSA) is 73.3 Å². The van der Waals surface area contributed by atoms with Gasteiger partial charge in [0.05, 0.1) is 12.7 Å². The zero-order chi connectivity index (χ0) is 15.3. The number of hydrogen-bond acceptors (Lipinski definition) is 5. The molecule has 6 nitrogen and oxygen atoms in total. The molecule has 0 radical (unpaired) electrons. The van der Waals surface area contributed by atoms with Crippen molar-refractivity contribution < 1.29 is 14.3 Å². The van der Waals surface area contributed by atoms with Gasteiger partial charge in [0.1, 0.15) is 22.0 Å². The van der Waals surface area contributed by atoms with E-state index in [2.05, 4.69) is 31.2 Å². The van der Waals surface area contributed by atoms with Gasteiger partial charge in [-0.1, -0.05) is 0 Å². The van der Waals surface area contributed by atoms with E-state index >= 15 is 0 Å².